The Kier molecular flexibility index (Phi) is 4.91. The Morgan fingerprint density at radius 3 is 2.85 bits per heavy atom. The van der Waals surface area contributed by atoms with Crippen LogP contribution in [-0.2, 0) is 13.0 Å². The van der Waals surface area contributed by atoms with Gasteiger partial charge in [-0.3, -0.25) is 10.1 Å². The summed E-state index contributed by atoms with van der Waals surface area (Å²) in [6, 6.07) is 11.2. The molecule has 0 spiro atoms. The van der Waals surface area contributed by atoms with E-state index in [0.717, 1.165) is 21.8 Å². The van der Waals surface area contributed by atoms with Crippen LogP contribution in [0, 0.1) is 6.92 Å². The molecular weight excluding hydrogens is 380 g/mol. The second kappa shape index (κ2) is 7.50. The average molecular weight is 399 g/mol. The van der Waals surface area contributed by atoms with Crippen LogP contribution in [0.1, 0.15) is 25.8 Å². The Labute approximate surface area is 164 Å². The van der Waals surface area contributed by atoms with Crippen molar-refractivity contribution in [3.63, 3.8) is 0 Å². The van der Waals surface area contributed by atoms with Crippen LogP contribution in [0.25, 0.3) is 0 Å². The molecule has 0 radical (unpaired) electrons. The summed E-state index contributed by atoms with van der Waals surface area (Å²) >= 11 is 2.83. The van der Waals surface area contributed by atoms with Gasteiger partial charge in [0.15, 0.2) is 5.13 Å². The lowest BCUT2D eigenvalue weighted by Gasteiger charge is -2.26. The van der Waals surface area contributed by atoms with Crippen LogP contribution < -0.4 is 10.6 Å². The van der Waals surface area contributed by atoms with E-state index in [9.17, 15) is 9.59 Å². The van der Waals surface area contributed by atoms with Crippen molar-refractivity contribution in [1.29, 1.82) is 0 Å². The van der Waals surface area contributed by atoms with Crippen LogP contribution in [0.3, 0.4) is 0 Å². The molecule has 0 saturated heterocycles. The number of thiazole rings is 1. The molecule has 3 amide bonds. The van der Waals surface area contributed by atoms with Crippen LogP contribution in [0.4, 0.5) is 15.6 Å². The Bertz CT molecular complexity index is 982. The van der Waals surface area contributed by atoms with Gasteiger partial charge in [-0.2, -0.15) is 0 Å². The number of nitrogens with one attached hydrogen (secondary N) is 2. The van der Waals surface area contributed by atoms with Gasteiger partial charge in [0.25, 0.3) is 5.91 Å². The Morgan fingerprint density at radius 2 is 2.07 bits per heavy atom. The minimum atomic E-state index is -0.148. The molecule has 0 bridgehead atoms. The quantitative estimate of drug-likeness (QED) is 0.689. The highest BCUT2D eigenvalue weighted by molar-refractivity contribution is 7.16. The van der Waals surface area contributed by atoms with E-state index in [0.29, 0.717) is 29.5 Å². The van der Waals surface area contributed by atoms with E-state index in [1.807, 2.05) is 42.6 Å². The number of anilines is 2. The molecule has 2 aromatic heterocycles. The number of nitrogens with zero attached hydrogens (tertiary/aromatic N) is 2. The SMILES string of the molecule is Cc1cccc(NC(=O)N2CCc3nc(NC(=O)c4cccs4)sc3C2)c1. The lowest BCUT2D eigenvalue weighted by molar-refractivity contribution is 0.103. The molecule has 1 aliphatic heterocycles. The van der Waals surface area contributed by atoms with Crippen LogP contribution in [0.2, 0.25) is 0 Å². The lowest BCUT2D eigenvalue weighted by Crippen LogP contribution is -2.38. The third-order valence-corrected chi connectivity index (χ3v) is 6.12. The summed E-state index contributed by atoms with van der Waals surface area (Å²) in [5.41, 5.74) is 2.85. The van der Waals surface area contributed by atoms with Gasteiger partial charge >= 0.3 is 6.03 Å². The molecule has 27 heavy (non-hydrogen) atoms. The molecular formula is C19H18N4O2S2. The molecule has 3 heterocycles. The Morgan fingerprint density at radius 1 is 1.19 bits per heavy atom. The van der Waals surface area contributed by atoms with Gasteiger partial charge < -0.3 is 10.2 Å². The fourth-order valence-corrected chi connectivity index (χ4v) is 4.55. The Hall–Kier alpha value is -2.71. The first-order chi connectivity index (χ1) is 13.1. The number of aromatic nitrogens is 1. The van der Waals surface area contributed by atoms with Crippen molar-refractivity contribution in [3.8, 4) is 0 Å². The fourth-order valence-electron chi connectivity index (χ4n) is 2.91. The van der Waals surface area contributed by atoms with Crippen molar-refractivity contribution in [2.45, 2.75) is 19.9 Å². The summed E-state index contributed by atoms with van der Waals surface area (Å²) in [6.45, 7) is 3.10. The largest absolute Gasteiger partial charge is 0.322 e. The number of aryl methyl sites for hydroxylation is 1. The highest BCUT2D eigenvalue weighted by Crippen LogP contribution is 2.29. The highest BCUT2D eigenvalue weighted by Gasteiger charge is 2.25. The van der Waals surface area contributed by atoms with Crippen molar-refractivity contribution in [2.75, 3.05) is 17.2 Å². The fraction of sp³-hybridized carbons (Fsp3) is 0.211. The smallest absolute Gasteiger partial charge is 0.319 e. The van der Waals surface area contributed by atoms with Crippen LogP contribution in [0.15, 0.2) is 41.8 Å². The van der Waals surface area contributed by atoms with Gasteiger partial charge in [-0.05, 0) is 36.1 Å². The molecule has 3 aromatic rings. The summed E-state index contributed by atoms with van der Waals surface area (Å²) in [5, 5.41) is 8.25. The number of benzene rings is 1. The number of carbonyl (C=O) groups excluding carboxylic acids is 2. The molecule has 0 unspecified atom stereocenters. The van der Waals surface area contributed by atoms with Crippen molar-refractivity contribution in [2.24, 2.45) is 0 Å². The van der Waals surface area contributed by atoms with Crippen LogP contribution in [-0.4, -0.2) is 28.4 Å². The first kappa shape index (κ1) is 17.7. The maximum atomic E-state index is 12.6. The topological polar surface area (TPSA) is 74.3 Å². The highest BCUT2D eigenvalue weighted by atomic mass is 32.1. The van der Waals surface area contributed by atoms with Gasteiger partial charge in [0, 0.05) is 23.5 Å². The standard InChI is InChI=1S/C19H18N4O2S2/c1-12-4-2-5-13(10-12)20-19(25)23-8-7-14-16(11-23)27-18(21-14)22-17(24)15-6-3-9-26-15/h2-6,9-10H,7-8,11H2,1H3,(H,20,25)(H,21,22,24). The molecule has 8 heteroatoms. The zero-order valence-corrected chi connectivity index (χ0v) is 16.3. The average Bonchev–Trinajstić information content (AvgIpc) is 3.30. The van der Waals surface area contributed by atoms with E-state index in [1.165, 1.54) is 22.7 Å². The zero-order valence-electron chi connectivity index (χ0n) is 14.7. The number of hydrogen-bond acceptors (Lipinski definition) is 5. The molecule has 0 atom stereocenters. The van der Waals surface area contributed by atoms with Crippen molar-refractivity contribution in [1.82, 2.24) is 9.88 Å². The molecule has 138 valence electrons. The maximum absolute atomic E-state index is 12.6. The van der Waals surface area contributed by atoms with E-state index < -0.39 is 0 Å². The van der Waals surface area contributed by atoms with Gasteiger partial charge in [-0.1, -0.05) is 29.5 Å². The molecule has 2 N–H and O–H groups in total. The van der Waals surface area contributed by atoms with Crippen LogP contribution >= 0.6 is 22.7 Å². The monoisotopic (exact) mass is 398 g/mol. The molecule has 4 rings (SSSR count). The molecule has 6 nitrogen and oxygen atoms in total. The number of urea groups is 1. The van der Waals surface area contributed by atoms with Crippen LogP contribution in [0.5, 0.6) is 0 Å². The van der Waals surface area contributed by atoms with Gasteiger partial charge in [-0.15, -0.1) is 11.3 Å². The zero-order chi connectivity index (χ0) is 18.8. The van der Waals surface area contributed by atoms with E-state index in [2.05, 4.69) is 15.6 Å². The Balaban J connectivity index is 1.41. The third kappa shape index (κ3) is 4.01. The van der Waals surface area contributed by atoms with E-state index in [4.69, 9.17) is 0 Å². The summed E-state index contributed by atoms with van der Waals surface area (Å²) in [4.78, 5) is 32.7. The predicted molar refractivity (Wildman–Crippen MR) is 109 cm³/mol. The number of carbonyl (C=O) groups is 2. The number of rotatable bonds is 3. The van der Waals surface area contributed by atoms with Crippen molar-refractivity contribution < 1.29 is 9.59 Å². The summed E-state index contributed by atoms with van der Waals surface area (Å²) < 4.78 is 0. The molecule has 0 fully saturated rings. The van der Waals surface area contributed by atoms with Gasteiger partial charge in [0.2, 0.25) is 0 Å². The van der Waals surface area contributed by atoms with Gasteiger partial charge in [-0.25, -0.2) is 9.78 Å². The molecule has 1 aliphatic rings. The number of thiophene rings is 1. The van der Waals surface area contributed by atoms with Gasteiger partial charge in [0.05, 0.1) is 17.1 Å². The van der Waals surface area contributed by atoms with Gasteiger partial charge in [0.1, 0.15) is 0 Å². The molecule has 0 saturated carbocycles. The maximum Gasteiger partial charge on any atom is 0.322 e. The summed E-state index contributed by atoms with van der Waals surface area (Å²) in [6.07, 6.45) is 0.682. The molecule has 1 aromatic carbocycles. The van der Waals surface area contributed by atoms with E-state index >= 15 is 0 Å². The second-order valence-corrected chi connectivity index (χ2v) is 8.32. The minimum Gasteiger partial charge on any atom is -0.319 e. The molecule has 0 aliphatic carbocycles. The number of hydrogen-bond donors (Lipinski definition) is 2. The first-order valence-corrected chi connectivity index (χ1v) is 10.2. The van der Waals surface area contributed by atoms with Crippen molar-refractivity contribution >= 4 is 45.4 Å². The minimum absolute atomic E-state index is 0.121. The van der Waals surface area contributed by atoms with E-state index in [1.54, 1.807) is 11.0 Å². The van der Waals surface area contributed by atoms with Crippen molar-refractivity contribution in [3.05, 3.63) is 62.8 Å². The number of amides is 3. The normalized spacial score (nSPS) is 13.1. The third-order valence-electron chi connectivity index (χ3n) is 4.25. The second-order valence-electron chi connectivity index (χ2n) is 6.29. The summed E-state index contributed by atoms with van der Waals surface area (Å²) in [5.74, 6) is -0.148. The van der Waals surface area contributed by atoms with E-state index in [-0.39, 0.29) is 11.9 Å². The predicted octanol–water partition coefficient (Wildman–Crippen LogP) is 4.36. The number of fused-ring (bicyclic) bond motifs is 1. The summed E-state index contributed by atoms with van der Waals surface area (Å²) in [7, 11) is 0. The lowest BCUT2D eigenvalue weighted by atomic mass is 10.2. The first-order valence-electron chi connectivity index (χ1n) is 8.54.